The first kappa shape index (κ1) is 6.64. The molecule has 0 aliphatic rings. The van der Waals surface area contributed by atoms with Gasteiger partial charge in [0.25, 0.3) is 0 Å². The van der Waals surface area contributed by atoms with Crippen LogP contribution >= 0.6 is 11.6 Å². The van der Waals surface area contributed by atoms with Gasteiger partial charge in [0.05, 0.1) is 21.0 Å². The van der Waals surface area contributed by atoms with Crippen LogP contribution in [0, 0.1) is 0 Å². The maximum atomic E-state index is 5.63. The van der Waals surface area contributed by atoms with Gasteiger partial charge in [-0.15, -0.1) is 0 Å². The fourth-order valence-electron chi connectivity index (χ4n) is 0.544. The highest BCUT2D eigenvalue weighted by Crippen LogP contribution is 2.14. The average molecular weight is 155 g/mol. The molecule has 3 heteroatoms. The monoisotopic (exact) mass is 154 g/mol. The standard InChI is InChI=1S/C6H5ClNSi/c7-5-2-1-4(9)3-6(5)8/h1-3H,8H2. The fourth-order valence-corrected chi connectivity index (χ4v) is 0.900. The normalized spacial score (nSPS) is 9.56. The van der Waals surface area contributed by atoms with Crippen LogP contribution in [0.15, 0.2) is 18.2 Å². The zero-order valence-corrected chi connectivity index (χ0v) is 6.44. The Bertz CT molecular complexity index is 224. The highest BCUT2D eigenvalue weighted by Gasteiger charge is 1.92. The lowest BCUT2D eigenvalue weighted by Crippen LogP contribution is -2.02. The molecule has 0 heterocycles. The highest BCUT2D eigenvalue weighted by atomic mass is 35.5. The van der Waals surface area contributed by atoms with E-state index in [-0.39, 0.29) is 0 Å². The fraction of sp³-hybridized carbons (Fsp3) is 0. The summed E-state index contributed by atoms with van der Waals surface area (Å²) in [7, 11) is 3.30. The lowest BCUT2D eigenvalue weighted by atomic mass is 10.3. The van der Waals surface area contributed by atoms with E-state index in [9.17, 15) is 0 Å². The third-order valence-corrected chi connectivity index (χ3v) is 1.65. The predicted molar refractivity (Wildman–Crippen MR) is 41.3 cm³/mol. The first-order valence-corrected chi connectivity index (χ1v) is 3.34. The summed E-state index contributed by atoms with van der Waals surface area (Å²) in [6.45, 7) is 0. The summed E-state index contributed by atoms with van der Waals surface area (Å²) in [5, 5.41) is 1.54. The van der Waals surface area contributed by atoms with Crippen molar-refractivity contribution in [2.24, 2.45) is 0 Å². The number of hydrogen-bond acceptors (Lipinski definition) is 1. The molecule has 0 aliphatic heterocycles. The minimum absolute atomic E-state index is 0.594. The Balaban J connectivity index is 3.17. The van der Waals surface area contributed by atoms with E-state index in [1.165, 1.54) is 0 Å². The van der Waals surface area contributed by atoms with Gasteiger partial charge in [-0.2, -0.15) is 0 Å². The van der Waals surface area contributed by atoms with Crippen LogP contribution in [0.3, 0.4) is 0 Å². The molecule has 1 rings (SSSR count). The van der Waals surface area contributed by atoms with Crippen LogP contribution in [0.4, 0.5) is 5.69 Å². The Morgan fingerprint density at radius 2 is 2.11 bits per heavy atom. The minimum Gasteiger partial charge on any atom is -0.398 e. The quantitative estimate of drug-likeness (QED) is 0.433. The van der Waals surface area contributed by atoms with E-state index in [4.69, 9.17) is 17.3 Å². The lowest BCUT2D eigenvalue weighted by Gasteiger charge is -1.96. The maximum absolute atomic E-state index is 5.63. The Morgan fingerprint density at radius 3 is 2.56 bits per heavy atom. The SMILES string of the molecule is Nc1cc([Si])ccc1Cl. The molecule has 9 heavy (non-hydrogen) atoms. The molecule has 2 N–H and O–H groups in total. The Labute approximate surface area is 62.2 Å². The van der Waals surface area contributed by atoms with Crippen LogP contribution < -0.4 is 10.9 Å². The van der Waals surface area contributed by atoms with Crippen molar-refractivity contribution in [2.75, 3.05) is 5.73 Å². The van der Waals surface area contributed by atoms with E-state index in [0.29, 0.717) is 10.7 Å². The average Bonchev–Trinajstić information content (AvgIpc) is 1.80. The summed E-state index contributed by atoms with van der Waals surface area (Å²) in [5.74, 6) is 0. The minimum atomic E-state index is 0.594. The Kier molecular flexibility index (Phi) is 1.78. The third kappa shape index (κ3) is 1.47. The van der Waals surface area contributed by atoms with Gasteiger partial charge in [-0.3, -0.25) is 0 Å². The number of halogens is 1. The second-order valence-corrected chi connectivity index (χ2v) is 2.72. The van der Waals surface area contributed by atoms with Crippen molar-refractivity contribution in [2.45, 2.75) is 0 Å². The number of rotatable bonds is 0. The van der Waals surface area contributed by atoms with Gasteiger partial charge in [0.2, 0.25) is 0 Å². The third-order valence-electron chi connectivity index (χ3n) is 0.996. The summed E-state index contributed by atoms with van der Waals surface area (Å²) < 4.78 is 0. The summed E-state index contributed by atoms with van der Waals surface area (Å²) in [6.07, 6.45) is 0. The zero-order valence-electron chi connectivity index (χ0n) is 4.69. The molecule has 0 atom stereocenters. The highest BCUT2D eigenvalue weighted by molar-refractivity contribution is 6.36. The summed E-state index contributed by atoms with van der Waals surface area (Å²) >= 11 is 5.63. The van der Waals surface area contributed by atoms with E-state index < -0.39 is 0 Å². The summed E-state index contributed by atoms with van der Waals surface area (Å²) in [5.41, 5.74) is 6.06. The molecule has 1 nitrogen and oxygen atoms in total. The van der Waals surface area contributed by atoms with Crippen LogP contribution in [-0.2, 0) is 0 Å². The second-order valence-electron chi connectivity index (χ2n) is 1.74. The van der Waals surface area contributed by atoms with Gasteiger partial charge in [0.1, 0.15) is 0 Å². The molecule has 0 bridgehead atoms. The number of nitrogen functional groups attached to an aromatic ring is 1. The van der Waals surface area contributed by atoms with E-state index in [1.54, 1.807) is 12.1 Å². The number of nitrogens with two attached hydrogens (primary N) is 1. The maximum Gasteiger partial charge on any atom is 0.0712 e. The van der Waals surface area contributed by atoms with Crippen molar-refractivity contribution in [3.8, 4) is 0 Å². The largest absolute Gasteiger partial charge is 0.398 e. The van der Waals surface area contributed by atoms with Gasteiger partial charge in [0.15, 0.2) is 0 Å². The number of hydrogen-bond donors (Lipinski definition) is 1. The molecule has 0 saturated heterocycles. The lowest BCUT2D eigenvalue weighted by molar-refractivity contribution is 1.73. The van der Waals surface area contributed by atoms with Crippen LogP contribution in [0.2, 0.25) is 5.02 Å². The van der Waals surface area contributed by atoms with Gasteiger partial charge in [-0.05, 0) is 12.1 Å². The molecule has 1 aromatic carbocycles. The van der Waals surface area contributed by atoms with Crippen LogP contribution in [0.5, 0.6) is 0 Å². The molecular weight excluding hydrogens is 150 g/mol. The van der Waals surface area contributed by atoms with Crippen LogP contribution in [-0.4, -0.2) is 10.2 Å². The smallest absolute Gasteiger partial charge is 0.0712 e. The summed E-state index contributed by atoms with van der Waals surface area (Å²) in [4.78, 5) is 0. The van der Waals surface area contributed by atoms with Gasteiger partial charge >= 0.3 is 0 Å². The van der Waals surface area contributed by atoms with Crippen molar-refractivity contribution in [3.63, 3.8) is 0 Å². The molecule has 0 aliphatic carbocycles. The molecule has 45 valence electrons. The Morgan fingerprint density at radius 1 is 1.44 bits per heavy atom. The molecule has 3 radical (unpaired) electrons. The van der Waals surface area contributed by atoms with E-state index in [2.05, 4.69) is 10.2 Å². The van der Waals surface area contributed by atoms with Crippen LogP contribution in [0.25, 0.3) is 0 Å². The van der Waals surface area contributed by atoms with E-state index in [0.717, 1.165) is 5.19 Å². The van der Waals surface area contributed by atoms with Crippen molar-refractivity contribution in [1.82, 2.24) is 0 Å². The van der Waals surface area contributed by atoms with Crippen LogP contribution in [0.1, 0.15) is 0 Å². The molecular formula is C6H5ClNSi. The van der Waals surface area contributed by atoms with Crippen molar-refractivity contribution in [3.05, 3.63) is 23.2 Å². The number of anilines is 1. The molecule has 0 saturated carbocycles. The van der Waals surface area contributed by atoms with Gasteiger partial charge in [-0.25, -0.2) is 0 Å². The molecule has 0 fully saturated rings. The predicted octanol–water partition coefficient (Wildman–Crippen LogP) is 0.716. The zero-order chi connectivity index (χ0) is 6.85. The van der Waals surface area contributed by atoms with E-state index in [1.807, 2.05) is 6.07 Å². The second kappa shape index (κ2) is 2.41. The molecule has 1 aromatic rings. The van der Waals surface area contributed by atoms with Crippen molar-refractivity contribution < 1.29 is 0 Å². The van der Waals surface area contributed by atoms with Crippen molar-refractivity contribution in [1.29, 1.82) is 0 Å². The van der Waals surface area contributed by atoms with Gasteiger partial charge in [-0.1, -0.05) is 22.9 Å². The molecule has 0 spiro atoms. The Hall–Kier alpha value is -0.473. The molecule has 0 aromatic heterocycles. The molecule has 0 unspecified atom stereocenters. The summed E-state index contributed by atoms with van der Waals surface area (Å²) in [6, 6.07) is 5.36. The van der Waals surface area contributed by atoms with Gasteiger partial charge in [0, 0.05) is 0 Å². The first-order chi connectivity index (χ1) is 4.20. The van der Waals surface area contributed by atoms with Gasteiger partial charge < -0.3 is 5.73 Å². The number of benzene rings is 1. The van der Waals surface area contributed by atoms with E-state index >= 15 is 0 Å². The first-order valence-electron chi connectivity index (χ1n) is 2.47. The topological polar surface area (TPSA) is 26.0 Å². The van der Waals surface area contributed by atoms with Crippen molar-refractivity contribution >= 4 is 32.7 Å². The molecule has 0 amide bonds.